The average molecular weight is 909 g/mol. The number of halogens is 1. The van der Waals surface area contributed by atoms with Gasteiger partial charge in [-0.25, -0.2) is 4.39 Å². The topological polar surface area (TPSA) is 195 Å². The summed E-state index contributed by atoms with van der Waals surface area (Å²) < 4.78 is 21.3. The van der Waals surface area contributed by atoms with Gasteiger partial charge < -0.3 is 40.4 Å². The van der Waals surface area contributed by atoms with Crippen LogP contribution in [0.15, 0.2) is 64.5 Å². The molecule has 0 bridgehead atoms. The molecule has 5 amide bonds. The predicted octanol–water partition coefficient (Wildman–Crippen LogP) is 3.92. The number of allylic oxidation sites excluding steroid dienone is 3. The van der Waals surface area contributed by atoms with Crippen LogP contribution in [0.4, 0.5) is 4.39 Å². The number of nitrogens with one attached hydrogen (secondary N) is 5. The second-order valence-corrected chi connectivity index (χ2v) is 18.7. The molecule has 1 aliphatic carbocycles. The van der Waals surface area contributed by atoms with Gasteiger partial charge in [-0.15, -0.1) is 0 Å². The molecule has 6 heterocycles. The van der Waals surface area contributed by atoms with Gasteiger partial charge in [0.05, 0.1) is 30.3 Å². The number of amidine groups is 1. The number of nitrogens with zero attached hydrogens (tertiary/aromatic N) is 5. The number of fused-ring (bicyclic) bond motifs is 2. The molecule has 0 saturated carbocycles. The van der Waals surface area contributed by atoms with Crippen LogP contribution in [0, 0.1) is 16.7 Å². The van der Waals surface area contributed by atoms with Crippen LogP contribution in [0.5, 0.6) is 5.75 Å². The third-order valence-corrected chi connectivity index (χ3v) is 14.6. The highest BCUT2D eigenvalue weighted by atomic mass is 19.1. The van der Waals surface area contributed by atoms with Crippen molar-refractivity contribution in [2.75, 3.05) is 66.0 Å². The van der Waals surface area contributed by atoms with Crippen LogP contribution in [0.25, 0.3) is 0 Å². The number of ether oxygens (including phenoxy) is 1. The van der Waals surface area contributed by atoms with Crippen molar-refractivity contribution >= 4 is 41.6 Å². The van der Waals surface area contributed by atoms with E-state index in [9.17, 15) is 29.4 Å². The lowest BCUT2D eigenvalue weighted by Crippen LogP contribution is -2.54. The van der Waals surface area contributed by atoms with Gasteiger partial charge >= 0.3 is 0 Å². The van der Waals surface area contributed by atoms with Crippen molar-refractivity contribution in [3.8, 4) is 5.75 Å². The van der Waals surface area contributed by atoms with Crippen molar-refractivity contribution in [3.05, 3.63) is 75.7 Å². The van der Waals surface area contributed by atoms with E-state index in [1.807, 2.05) is 11.0 Å². The van der Waals surface area contributed by atoms with Crippen molar-refractivity contribution in [3.63, 3.8) is 0 Å². The van der Waals surface area contributed by atoms with Gasteiger partial charge in [0.15, 0.2) is 0 Å². The van der Waals surface area contributed by atoms with Gasteiger partial charge in [-0.3, -0.25) is 39.6 Å². The molecule has 17 heteroatoms. The van der Waals surface area contributed by atoms with Crippen molar-refractivity contribution < 1.29 is 33.1 Å². The summed E-state index contributed by atoms with van der Waals surface area (Å²) in [7, 11) is 1.77. The van der Waals surface area contributed by atoms with Crippen LogP contribution in [-0.2, 0) is 14.4 Å². The third-order valence-electron chi connectivity index (χ3n) is 14.6. The van der Waals surface area contributed by atoms with E-state index in [0.717, 1.165) is 99.4 Å². The molecule has 0 aromatic heterocycles. The summed E-state index contributed by atoms with van der Waals surface area (Å²) in [6.07, 6.45) is 13.3. The minimum absolute atomic E-state index is 0.00850. The van der Waals surface area contributed by atoms with E-state index in [1.54, 1.807) is 38.4 Å². The first-order chi connectivity index (χ1) is 31.9. The van der Waals surface area contributed by atoms with Gasteiger partial charge in [0.1, 0.15) is 23.8 Å². The highest BCUT2D eigenvalue weighted by Crippen LogP contribution is 2.39. The highest BCUT2D eigenvalue weighted by Gasteiger charge is 2.46. The molecular weight excluding hydrogens is 844 g/mol. The maximum atomic E-state index is 15.3. The van der Waals surface area contributed by atoms with E-state index in [2.05, 4.69) is 36.7 Å². The van der Waals surface area contributed by atoms with Gasteiger partial charge in [-0.1, -0.05) is 18.2 Å². The fraction of sp³-hybridized carbons (Fsp3) is 0.571. The molecule has 6 aliphatic heterocycles. The van der Waals surface area contributed by atoms with Crippen LogP contribution in [-0.4, -0.2) is 162 Å². The number of imide groups is 2. The Bertz CT molecular complexity index is 2240. The standard InChI is InChI=1S/C49H65FN10O6/c1-30(50)37-26-42-32(25-38(37)33(27-51)28-53-3)7-5-18-59(42)46(52)39-29-58(31(2)61)23-16-40(39)54-34-12-21-57(22-13-34)35-14-19-56(20-15-35)17-6-24-66-43-9-4-8-36-45(43)49(65)60(48(36)64)41-10-11-44(62)55-47(41)63/h4,8-9,25-28,30,32,34-35,41-42,51-54H,5-7,10-24,29H2,1-3H3,(H,55,62,63)/b33-28+,51-27?,52-46?. The molecule has 8 rings (SSSR count). The summed E-state index contributed by atoms with van der Waals surface area (Å²) in [4.78, 5) is 73.5. The molecule has 0 radical (unpaired) electrons. The van der Waals surface area contributed by atoms with Crippen LogP contribution >= 0.6 is 0 Å². The molecule has 4 atom stereocenters. The normalized spacial score (nSPS) is 25.5. The number of carbonyl (C=O) groups is 5. The second kappa shape index (κ2) is 20.5. The fourth-order valence-corrected chi connectivity index (χ4v) is 11.1. The monoisotopic (exact) mass is 909 g/mol. The predicted molar refractivity (Wildman–Crippen MR) is 248 cm³/mol. The number of hydrogen-bond donors (Lipinski definition) is 5. The third kappa shape index (κ3) is 9.73. The molecule has 1 aromatic rings. The van der Waals surface area contributed by atoms with E-state index >= 15 is 4.39 Å². The molecule has 4 unspecified atom stereocenters. The number of amides is 5. The second-order valence-electron chi connectivity index (χ2n) is 18.7. The summed E-state index contributed by atoms with van der Waals surface area (Å²) in [5, 5.41) is 26.8. The number of carbonyl (C=O) groups excluding carboxylic acids is 5. The molecule has 0 spiro atoms. The summed E-state index contributed by atoms with van der Waals surface area (Å²) in [5.74, 6) is -1.38. The van der Waals surface area contributed by atoms with Crippen LogP contribution in [0.2, 0.25) is 0 Å². The summed E-state index contributed by atoms with van der Waals surface area (Å²) in [6.45, 7) is 9.91. The van der Waals surface area contributed by atoms with Crippen LogP contribution in [0.3, 0.4) is 0 Å². The van der Waals surface area contributed by atoms with Gasteiger partial charge in [0, 0.05) is 107 Å². The molecule has 1 aromatic carbocycles. The molecule has 4 saturated heterocycles. The first kappa shape index (κ1) is 46.8. The smallest absolute Gasteiger partial charge is 0.266 e. The van der Waals surface area contributed by atoms with E-state index in [-0.39, 0.29) is 47.9 Å². The zero-order valence-corrected chi connectivity index (χ0v) is 38.5. The zero-order valence-electron chi connectivity index (χ0n) is 38.5. The molecule has 4 fully saturated rings. The Kier molecular flexibility index (Phi) is 14.5. The Morgan fingerprint density at radius 1 is 0.985 bits per heavy atom. The first-order valence-corrected chi connectivity index (χ1v) is 23.9. The minimum Gasteiger partial charge on any atom is -0.493 e. The number of rotatable bonds is 14. The van der Waals surface area contributed by atoms with Crippen molar-refractivity contribution in [1.82, 2.24) is 40.4 Å². The van der Waals surface area contributed by atoms with Crippen molar-refractivity contribution in [2.45, 2.75) is 108 Å². The summed E-state index contributed by atoms with van der Waals surface area (Å²) in [6, 6.07) is 4.48. The lowest BCUT2D eigenvalue weighted by atomic mass is 9.77. The van der Waals surface area contributed by atoms with Crippen LogP contribution < -0.4 is 20.7 Å². The lowest BCUT2D eigenvalue weighted by Gasteiger charge is -2.45. The molecule has 5 N–H and O–H groups in total. The minimum atomic E-state index is -1.24. The molecule has 354 valence electrons. The van der Waals surface area contributed by atoms with Crippen LogP contribution in [0.1, 0.15) is 98.8 Å². The largest absolute Gasteiger partial charge is 0.493 e. The van der Waals surface area contributed by atoms with E-state index < -0.39 is 35.8 Å². The quantitative estimate of drug-likeness (QED) is 0.0787. The SMILES string of the molecule is CN/C=C(\C=N)C1=CC2CCCN(C(=N)C3=C(NC4CCN(C5CCN(CCCOc6cccc7c6C(=O)N(C6CCC(=O)NC6=O)C7=O)CC5)CC4)CCN(C(C)=O)C3)C2C=C1C(C)F. The van der Waals surface area contributed by atoms with E-state index in [1.165, 1.54) is 13.1 Å². The van der Waals surface area contributed by atoms with E-state index in [4.69, 9.17) is 10.1 Å². The van der Waals surface area contributed by atoms with Crippen molar-refractivity contribution in [1.29, 1.82) is 10.8 Å². The summed E-state index contributed by atoms with van der Waals surface area (Å²) in [5.41, 5.74) is 4.17. The molecule has 16 nitrogen and oxygen atoms in total. The van der Waals surface area contributed by atoms with E-state index in [0.29, 0.717) is 61.4 Å². The average Bonchev–Trinajstić information content (AvgIpc) is 3.57. The Balaban J connectivity index is 0.824. The number of benzene rings is 1. The zero-order chi connectivity index (χ0) is 46.6. The maximum absolute atomic E-state index is 15.3. The molecular formula is C49H65FN10O6. The Hall–Kier alpha value is -5.68. The fourth-order valence-electron chi connectivity index (χ4n) is 11.1. The van der Waals surface area contributed by atoms with Gasteiger partial charge in [-0.05, 0) is 94.7 Å². The Labute approximate surface area is 386 Å². The van der Waals surface area contributed by atoms with Gasteiger partial charge in [0.25, 0.3) is 11.8 Å². The number of piperidine rings is 4. The van der Waals surface area contributed by atoms with Crippen molar-refractivity contribution in [2.24, 2.45) is 5.92 Å². The van der Waals surface area contributed by atoms with Gasteiger partial charge in [-0.2, -0.15) is 0 Å². The Morgan fingerprint density at radius 3 is 2.45 bits per heavy atom. The first-order valence-electron chi connectivity index (χ1n) is 23.9. The maximum Gasteiger partial charge on any atom is 0.266 e. The Morgan fingerprint density at radius 2 is 1.76 bits per heavy atom. The number of likely N-dealkylation sites (tertiary alicyclic amines) is 3. The summed E-state index contributed by atoms with van der Waals surface area (Å²) >= 11 is 0. The molecule has 7 aliphatic rings. The van der Waals surface area contributed by atoms with Gasteiger partial charge in [0.2, 0.25) is 17.7 Å². The number of hydrogen-bond acceptors (Lipinski definition) is 12. The lowest BCUT2D eigenvalue weighted by molar-refractivity contribution is -0.136. The molecule has 66 heavy (non-hydrogen) atoms. The highest BCUT2D eigenvalue weighted by molar-refractivity contribution is 6.24. The number of alkyl halides is 1.